The first-order valence-electron chi connectivity index (χ1n) is 8.29. The van der Waals surface area contributed by atoms with Gasteiger partial charge in [-0.3, -0.25) is 9.48 Å². The molecule has 9 heteroatoms. The minimum atomic E-state index is -0.212. The summed E-state index contributed by atoms with van der Waals surface area (Å²) < 4.78 is 14.8. The third-order valence-corrected chi connectivity index (χ3v) is 4.32. The fourth-order valence-electron chi connectivity index (χ4n) is 2.57. The van der Waals surface area contributed by atoms with Crippen LogP contribution in [0.5, 0.6) is 11.5 Å². The van der Waals surface area contributed by atoms with Crippen molar-refractivity contribution in [2.24, 2.45) is 0 Å². The first-order valence-corrected chi connectivity index (χ1v) is 9.09. The topological polar surface area (TPSA) is 83.2 Å². The summed E-state index contributed by atoms with van der Waals surface area (Å²) >= 11 is 3.35. The van der Waals surface area contributed by atoms with Crippen LogP contribution in [-0.4, -0.2) is 46.2 Å². The molecule has 0 spiro atoms. The van der Waals surface area contributed by atoms with Crippen molar-refractivity contribution in [1.82, 2.24) is 24.9 Å². The highest BCUT2D eigenvalue weighted by atomic mass is 79.9. The Morgan fingerprint density at radius 2 is 2.00 bits per heavy atom. The Morgan fingerprint density at radius 3 is 2.70 bits per heavy atom. The number of carbonyl (C=O) groups is 1. The molecular weight excluding hydrogens is 414 g/mol. The van der Waals surface area contributed by atoms with Crippen molar-refractivity contribution in [1.29, 1.82) is 0 Å². The van der Waals surface area contributed by atoms with E-state index in [1.54, 1.807) is 42.0 Å². The molecule has 0 aliphatic carbocycles. The highest BCUT2D eigenvalue weighted by molar-refractivity contribution is 9.10. The Hall–Kier alpha value is -2.81. The van der Waals surface area contributed by atoms with Crippen LogP contribution in [0, 0.1) is 0 Å². The fourth-order valence-corrected chi connectivity index (χ4v) is 2.90. The number of nitrogens with one attached hydrogen (secondary N) is 1. The molecule has 3 aromatic rings. The van der Waals surface area contributed by atoms with Crippen LogP contribution in [-0.2, 0) is 13.1 Å². The largest absolute Gasteiger partial charge is 0.493 e. The van der Waals surface area contributed by atoms with Crippen LogP contribution in [0.15, 0.2) is 47.3 Å². The van der Waals surface area contributed by atoms with Gasteiger partial charge in [0, 0.05) is 18.9 Å². The quantitative estimate of drug-likeness (QED) is 0.589. The molecule has 2 aromatic heterocycles. The molecule has 0 bridgehead atoms. The molecule has 27 heavy (non-hydrogen) atoms. The molecule has 142 valence electrons. The van der Waals surface area contributed by atoms with Gasteiger partial charge in [-0.1, -0.05) is 6.07 Å². The van der Waals surface area contributed by atoms with E-state index in [4.69, 9.17) is 9.47 Å². The number of benzene rings is 1. The molecule has 0 aliphatic rings. The van der Waals surface area contributed by atoms with E-state index in [0.717, 1.165) is 10.0 Å². The molecule has 3 rings (SSSR count). The summed E-state index contributed by atoms with van der Waals surface area (Å²) in [5.41, 5.74) is 1.41. The van der Waals surface area contributed by atoms with Crippen LogP contribution in [0.25, 0.3) is 0 Å². The van der Waals surface area contributed by atoms with Gasteiger partial charge in [0.15, 0.2) is 11.5 Å². The molecule has 0 radical (unpaired) electrons. The Kier molecular flexibility index (Phi) is 6.12. The molecule has 0 fully saturated rings. The van der Waals surface area contributed by atoms with Crippen LogP contribution in [0.2, 0.25) is 0 Å². The van der Waals surface area contributed by atoms with E-state index in [-0.39, 0.29) is 5.91 Å². The van der Waals surface area contributed by atoms with Gasteiger partial charge < -0.3 is 14.8 Å². The van der Waals surface area contributed by atoms with Crippen LogP contribution in [0.1, 0.15) is 16.1 Å². The van der Waals surface area contributed by atoms with Crippen molar-refractivity contribution in [2.75, 3.05) is 20.8 Å². The average Bonchev–Trinajstić information content (AvgIpc) is 3.30. The van der Waals surface area contributed by atoms with Crippen molar-refractivity contribution < 1.29 is 14.3 Å². The van der Waals surface area contributed by atoms with E-state index in [0.29, 0.717) is 36.8 Å². The van der Waals surface area contributed by atoms with Gasteiger partial charge >= 0.3 is 0 Å². The van der Waals surface area contributed by atoms with Gasteiger partial charge in [-0.05, 0) is 46.1 Å². The third kappa shape index (κ3) is 4.88. The van der Waals surface area contributed by atoms with Gasteiger partial charge in [-0.25, -0.2) is 4.68 Å². The molecule has 0 saturated heterocycles. The summed E-state index contributed by atoms with van der Waals surface area (Å²) in [7, 11) is 3.20. The number of rotatable bonds is 8. The SMILES string of the molecule is COc1ccc(CCNC(=O)c2ccn(Cn3cc(Br)cn3)n2)cc1OC. The lowest BCUT2D eigenvalue weighted by Crippen LogP contribution is -2.26. The first-order chi connectivity index (χ1) is 13.1. The van der Waals surface area contributed by atoms with Gasteiger partial charge in [0.1, 0.15) is 12.4 Å². The number of methoxy groups -OCH3 is 2. The standard InChI is InChI=1S/C18H20BrN5O3/c1-26-16-4-3-13(9-17(16)27-2)5-7-20-18(25)15-6-8-23(22-15)12-24-11-14(19)10-21-24/h3-4,6,8-11H,5,7,12H2,1-2H3,(H,20,25). The third-order valence-electron chi connectivity index (χ3n) is 3.91. The van der Waals surface area contributed by atoms with Crippen molar-refractivity contribution in [3.05, 3.63) is 58.6 Å². The molecule has 2 heterocycles. The lowest BCUT2D eigenvalue weighted by Gasteiger charge is -2.09. The van der Waals surface area contributed by atoms with E-state index < -0.39 is 0 Å². The molecule has 0 unspecified atom stereocenters. The zero-order chi connectivity index (χ0) is 19.2. The lowest BCUT2D eigenvalue weighted by atomic mass is 10.1. The summed E-state index contributed by atoms with van der Waals surface area (Å²) in [6.07, 6.45) is 5.96. The summed E-state index contributed by atoms with van der Waals surface area (Å²) in [6.45, 7) is 0.928. The second kappa shape index (κ2) is 8.72. The number of carbonyl (C=O) groups excluding carboxylic acids is 1. The molecule has 0 aliphatic heterocycles. The van der Waals surface area contributed by atoms with Gasteiger partial charge in [0.25, 0.3) is 5.91 Å². The van der Waals surface area contributed by atoms with E-state index >= 15 is 0 Å². The van der Waals surface area contributed by atoms with Gasteiger partial charge in [0.2, 0.25) is 0 Å². The summed E-state index contributed by atoms with van der Waals surface area (Å²) in [5, 5.41) is 11.3. The predicted octanol–water partition coefficient (Wildman–Crippen LogP) is 2.34. The minimum Gasteiger partial charge on any atom is -0.493 e. The van der Waals surface area contributed by atoms with E-state index in [2.05, 4.69) is 31.4 Å². The van der Waals surface area contributed by atoms with Crippen LogP contribution < -0.4 is 14.8 Å². The van der Waals surface area contributed by atoms with E-state index in [1.807, 2.05) is 24.4 Å². The number of hydrogen-bond donors (Lipinski definition) is 1. The molecule has 0 atom stereocenters. The maximum atomic E-state index is 12.3. The zero-order valence-corrected chi connectivity index (χ0v) is 16.6. The van der Waals surface area contributed by atoms with Crippen molar-refractivity contribution in [3.63, 3.8) is 0 Å². The molecule has 1 amide bonds. The zero-order valence-electron chi connectivity index (χ0n) is 15.1. The second-order valence-corrected chi connectivity index (χ2v) is 6.69. The average molecular weight is 434 g/mol. The van der Waals surface area contributed by atoms with E-state index in [9.17, 15) is 4.79 Å². The van der Waals surface area contributed by atoms with Gasteiger partial charge in [-0.15, -0.1) is 0 Å². The van der Waals surface area contributed by atoms with Crippen molar-refractivity contribution in [3.8, 4) is 11.5 Å². The fraction of sp³-hybridized carbons (Fsp3) is 0.278. The second-order valence-electron chi connectivity index (χ2n) is 5.78. The minimum absolute atomic E-state index is 0.212. The Bertz CT molecular complexity index is 921. The molecule has 0 saturated carbocycles. The Morgan fingerprint density at radius 1 is 1.19 bits per heavy atom. The summed E-state index contributed by atoms with van der Waals surface area (Å²) in [6, 6.07) is 7.39. The molecule has 1 aromatic carbocycles. The summed E-state index contributed by atoms with van der Waals surface area (Å²) in [5.74, 6) is 1.14. The predicted molar refractivity (Wildman–Crippen MR) is 103 cm³/mol. The number of halogens is 1. The maximum Gasteiger partial charge on any atom is 0.271 e. The van der Waals surface area contributed by atoms with Crippen LogP contribution in [0.4, 0.5) is 0 Å². The molecule has 8 nitrogen and oxygen atoms in total. The Labute approximate surface area is 165 Å². The molecule has 1 N–H and O–H groups in total. The Balaban J connectivity index is 1.52. The smallest absolute Gasteiger partial charge is 0.271 e. The number of aromatic nitrogens is 4. The van der Waals surface area contributed by atoms with Crippen molar-refractivity contribution in [2.45, 2.75) is 13.1 Å². The maximum absolute atomic E-state index is 12.3. The highest BCUT2D eigenvalue weighted by Gasteiger charge is 2.10. The monoisotopic (exact) mass is 433 g/mol. The van der Waals surface area contributed by atoms with E-state index in [1.165, 1.54) is 0 Å². The van der Waals surface area contributed by atoms with Crippen LogP contribution >= 0.6 is 15.9 Å². The van der Waals surface area contributed by atoms with Crippen molar-refractivity contribution >= 4 is 21.8 Å². The number of nitrogens with zero attached hydrogens (tertiary/aromatic N) is 4. The number of hydrogen-bond acceptors (Lipinski definition) is 5. The molecular formula is C18H20BrN5O3. The van der Waals surface area contributed by atoms with Crippen LogP contribution in [0.3, 0.4) is 0 Å². The normalized spacial score (nSPS) is 10.6. The summed E-state index contributed by atoms with van der Waals surface area (Å²) in [4.78, 5) is 12.3. The first kappa shape index (κ1) is 19.0. The lowest BCUT2D eigenvalue weighted by molar-refractivity contribution is 0.0948. The van der Waals surface area contributed by atoms with Gasteiger partial charge in [0.05, 0.1) is 24.9 Å². The highest BCUT2D eigenvalue weighted by Crippen LogP contribution is 2.27. The van der Waals surface area contributed by atoms with Gasteiger partial charge in [-0.2, -0.15) is 10.2 Å². The number of amides is 1. The number of ether oxygens (including phenoxy) is 2.